The number of rotatable bonds is 4. The molecule has 1 aliphatic rings. The summed E-state index contributed by atoms with van der Waals surface area (Å²) in [6.45, 7) is 9.00. The van der Waals surface area contributed by atoms with Crippen LogP contribution in [0.5, 0.6) is 0 Å². The van der Waals surface area contributed by atoms with Crippen LogP contribution < -0.4 is 5.46 Å². The van der Waals surface area contributed by atoms with Crippen molar-refractivity contribution in [3.8, 4) is 0 Å². The van der Waals surface area contributed by atoms with Crippen LogP contribution in [0, 0.1) is 0 Å². The Morgan fingerprint density at radius 3 is 2.82 bits per heavy atom. The van der Waals surface area contributed by atoms with E-state index in [4.69, 9.17) is 9.39 Å². The lowest BCUT2D eigenvalue weighted by Gasteiger charge is -2.27. The van der Waals surface area contributed by atoms with Crippen LogP contribution in [0.25, 0.3) is 0 Å². The van der Waals surface area contributed by atoms with Crippen LogP contribution in [0.4, 0.5) is 4.79 Å². The van der Waals surface area contributed by atoms with Crippen LogP contribution in [0.15, 0.2) is 18.2 Å². The number of hydrogen-bond acceptors (Lipinski definition) is 4. The summed E-state index contributed by atoms with van der Waals surface area (Å²) < 4.78 is 10.7. The Kier molecular flexibility index (Phi) is 5.14. The molecule has 2 rings (SSSR count). The summed E-state index contributed by atoms with van der Waals surface area (Å²) in [5.74, 6) is 0. The topological polar surface area (TPSA) is 59.0 Å². The fraction of sp³-hybridized carbons (Fsp3) is 0.562. The number of carbonyl (C=O) groups is 1. The van der Waals surface area contributed by atoms with E-state index >= 15 is 0 Å². The zero-order valence-corrected chi connectivity index (χ0v) is 13.8. The Hall–Kier alpha value is -1.53. The van der Waals surface area contributed by atoms with Gasteiger partial charge in [0.05, 0.1) is 6.61 Å². The number of hydrogen-bond donors (Lipinski definition) is 1. The molecule has 0 aliphatic carbocycles. The molecule has 120 valence electrons. The van der Waals surface area contributed by atoms with Gasteiger partial charge in [0.15, 0.2) is 0 Å². The van der Waals surface area contributed by atoms with Gasteiger partial charge in [-0.3, -0.25) is 0 Å². The molecule has 6 heteroatoms. The molecule has 1 aromatic rings. The van der Waals surface area contributed by atoms with Gasteiger partial charge in [0.25, 0.3) is 0 Å². The Balaban J connectivity index is 2.19. The average molecular weight is 305 g/mol. The predicted molar refractivity (Wildman–Crippen MR) is 85.8 cm³/mol. The summed E-state index contributed by atoms with van der Waals surface area (Å²) in [7, 11) is -0.909. The highest BCUT2D eigenvalue weighted by molar-refractivity contribution is 6.62. The van der Waals surface area contributed by atoms with Crippen molar-refractivity contribution in [1.82, 2.24) is 4.90 Å². The Labute approximate surface area is 132 Å². The Bertz CT molecular complexity index is 541. The number of amides is 1. The number of benzene rings is 1. The molecule has 0 aromatic heterocycles. The number of nitrogens with zero attached hydrogens (tertiary/aromatic N) is 1. The van der Waals surface area contributed by atoms with Crippen molar-refractivity contribution >= 4 is 18.7 Å². The lowest BCUT2D eigenvalue weighted by molar-refractivity contribution is 0.0234. The second-order valence-electron chi connectivity index (χ2n) is 6.56. The first-order valence-corrected chi connectivity index (χ1v) is 7.70. The summed E-state index contributed by atoms with van der Waals surface area (Å²) in [5.41, 5.74) is 2.14. The highest BCUT2D eigenvalue weighted by Crippen LogP contribution is 2.16. The van der Waals surface area contributed by atoms with Crippen LogP contribution >= 0.6 is 0 Å². The third-order valence-corrected chi connectivity index (χ3v) is 3.44. The van der Waals surface area contributed by atoms with Crippen LogP contribution in [0.1, 0.15) is 45.2 Å². The lowest BCUT2D eigenvalue weighted by atomic mass is 9.76. The molecule has 0 atom stereocenters. The monoisotopic (exact) mass is 305 g/mol. The fourth-order valence-electron chi connectivity index (χ4n) is 2.54. The minimum absolute atomic E-state index is 0.333. The first-order valence-electron chi connectivity index (χ1n) is 7.70. The van der Waals surface area contributed by atoms with Gasteiger partial charge < -0.3 is 19.3 Å². The molecule has 1 aliphatic heterocycles. The molecule has 1 amide bonds. The summed E-state index contributed by atoms with van der Waals surface area (Å²) in [4.78, 5) is 14.0. The Morgan fingerprint density at radius 2 is 2.18 bits per heavy atom. The van der Waals surface area contributed by atoms with E-state index in [1.165, 1.54) is 0 Å². The van der Waals surface area contributed by atoms with Crippen LogP contribution in [-0.4, -0.2) is 35.3 Å². The molecular formula is C16H24BNO4. The molecule has 0 unspecified atom stereocenters. The number of carbonyl (C=O) groups excluding carboxylic acids is 1. The first-order chi connectivity index (χ1) is 10.3. The van der Waals surface area contributed by atoms with Crippen molar-refractivity contribution in [1.29, 1.82) is 0 Å². The van der Waals surface area contributed by atoms with Gasteiger partial charge >= 0.3 is 13.2 Å². The number of ether oxygens (including phenoxy) is 1. The molecule has 0 spiro atoms. The van der Waals surface area contributed by atoms with E-state index in [0.717, 1.165) is 23.0 Å². The zero-order chi connectivity index (χ0) is 16.3. The summed E-state index contributed by atoms with van der Waals surface area (Å²) >= 11 is 0. The fourth-order valence-corrected chi connectivity index (χ4v) is 2.54. The second kappa shape index (κ2) is 6.71. The maximum atomic E-state index is 12.3. The molecule has 1 aromatic carbocycles. The highest BCUT2D eigenvalue weighted by Gasteiger charge is 2.31. The van der Waals surface area contributed by atoms with Gasteiger partial charge in [0, 0.05) is 13.1 Å². The van der Waals surface area contributed by atoms with Gasteiger partial charge in [-0.1, -0.05) is 25.1 Å². The minimum atomic E-state index is -0.909. The smallest absolute Gasteiger partial charge is 0.444 e. The summed E-state index contributed by atoms with van der Waals surface area (Å²) in [5, 5.41) is 9.97. The van der Waals surface area contributed by atoms with E-state index < -0.39 is 12.7 Å². The van der Waals surface area contributed by atoms with Gasteiger partial charge in [-0.25, -0.2) is 4.79 Å². The molecule has 0 saturated carbocycles. The molecule has 5 nitrogen and oxygen atoms in total. The maximum absolute atomic E-state index is 12.3. The molecule has 1 heterocycles. The third kappa shape index (κ3) is 4.02. The van der Waals surface area contributed by atoms with Gasteiger partial charge in [-0.05, 0) is 43.8 Å². The van der Waals surface area contributed by atoms with Gasteiger partial charge in [0.2, 0.25) is 0 Å². The second-order valence-corrected chi connectivity index (χ2v) is 6.56. The molecule has 0 saturated heterocycles. The molecule has 0 radical (unpaired) electrons. The van der Waals surface area contributed by atoms with E-state index in [-0.39, 0.29) is 6.09 Å². The molecule has 1 N–H and O–H groups in total. The standard InChI is InChI=1S/C16H24BNO4/c1-5-9-18(15(19)22-16(2,3)4)10-12-7-6-8-13-11-21-17(20)14(12)13/h6-8,20H,5,9-11H2,1-4H3. The maximum Gasteiger partial charge on any atom is 0.492 e. The third-order valence-electron chi connectivity index (χ3n) is 3.44. The summed E-state index contributed by atoms with van der Waals surface area (Å²) in [6, 6.07) is 5.78. The largest absolute Gasteiger partial charge is 0.492 e. The van der Waals surface area contributed by atoms with Crippen molar-refractivity contribution < 1.29 is 19.2 Å². The zero-order valence-electron chi connectivity index (χ0n) is 13.8. The molecule has 22 heavy (non-hydrogen) atoms. The van der Waals surface area contributed by atoms with Crippen molar-refractivity contribution in [3.05, 3.63) is 29.3 Å². The first kappa shape index (κ1) is 16.8. The average Bonchev–Trinajstić information content (AvgIpc) is 2.79. The molecule has 0 bridgehead atoms. The van der Waals surface area contributed by atoms with E-state index in [2.05, 4.69) is 0 Å². The van der Waals surface area contributed by atoms with Crippen molar-refractivity contribution in [3.63, 3.8) is 0 Å². The van der Waals surface area contributed by atoms with Gasteiger partial charge in [-0.2, -0.15) is 0 Å². The van der Waals surface area contributed by atoms with E-state index in [9.17, 15) is 9.82 Å². The number of fused-ring (bicyclic) bond motifs is 1. The molecule has 0 fully saturated rings. The molecular weight excluding hydrogens is 281 g/mol. The minimum Gasteiger partial charge on any atom is -0.444 e. The van der Waals surface area contributed by atoms with Crippen LogP contribution in [0.3, 0.4) is 0 Å². The van der Waals surface area contributed by atoms with Crippen molar-refractivity contribution in [2.24, 2.45) is 0 Å². The van der Waals surface area contributed by atoms with Crippen LogP contribution in [0.2, 0.25) is 0 Å². The van der Waals surface area contributed by atoms with E-state index in [1.807, 2.05) is 45.9 Å². The predicted octanol–water partition coefficient (Wildman–Crippen LogP) is 2.05. The van der Waals surface area contributed by atoms with Crippen molar-refractivity contribution in [2.45, 2.75) is 52.9 Å². The van der Waals surface area contributed by atoms with E-state index in [1.54, 1.807) is 4.90 Å². The SMILES string of the molecule is CCCN(Cc1cccc2c1B(O)OC2)C(=O)OC(C)(C)C. The van der Waals surface area contributed by atoms with Crippen LogP contribution in [-0.2, 0) is 22.5 Å². The Morgan fingerprint density at radius 1 is 1.45 bits per heavy atom. The van der Waals surface area contributed by atoms with Gasteiger partial charge in [-0.15, -0.1) is 0 Å². The summed E-state index contributed by atoms with van der Waals surface area (Å²) in [6.07, 6.45) is 0.508. The quantitative estimate of drug-likeness (QED) is 0.865. The van der Waals surface area contributed by atoms with Crippen molar-refractivity contribution in [2.75, 3.05) is 6.54 Å². The van der Waals surface area contributed by atoms with Gasteiger partial charge in [0.1, 0.15) is 5.60 Å². The van der Waals surface area contributed by atoms with E-state index in [0.29, 0.717) is 19.7 Å². The lowest BCUT2D eigenvalue weighted by Crippen LogP contribution is -2.40. The highest BCUT2D eigenvalue weighted by atomic mass is 16.6. The normalized spacial score (nSPS) is 14.0.